The van der Waals surface area contributed by atoms with E-state index in [4.69, 9.17) is 0 Å². The van der Waals surface area contributed by atoms with Crippen molar-refractivity contribution in [2.45, 2.75) is 39.3 Å². The summed E-state index contributed by atoms with van der Waals surface area (Å²) in [5, 5.41) is 3.28. The number of amides is 1. The second-order valence-corrected chi connectivity index (χ2v) is 5.98. The van der Waals surface area contributed by atoms with Crippen LogP contribution in [0.15, 0.2) is 33.9 Å². The smallest absolute Gasteiger partial charge is 0.328 e. The van der Waals surface area contributed by atoms with Crippen molar-refractivity contribution in [3.05, 3.63) is 45.1 Å². The summed E-state index contributed by atoms with van der Waals surface area (Å²) in [7, 11) is 0. The number of carbonyl (C=O) groups is 1. The zero-order valence-corrected chi connectivity index (χ0v) is 12.4. The molecule has 1 aromatic heterocycles. The third-order valence-electron chi connectivity index (χ3n) is 2.98. The van der Waals surface area contributed by atoms with Gasteiger partial charge in [-0.3, -0.25) is 19.1 Å². The fourth-order valence-electron chi connectivity index (χ4n) is 2.16. The van der Waals surface area contributed by atoms with E-state index < -0.39 is 11.2 Å². The number of H-pyrrole nitrogens is 1. The van der Waals surface area contributed by atoms with Crippen LogP contribution in [0.3, 0.4) is 0 Å². The molecule has 6 heteroatoms. The van der Waals surface area contributed by atoms with Gasteiger partial charge < -0.3 is 5.32 Å². The summed E-state index contributed by atoms with van der Waals surface area (Å²) in [6, 6.07) is 6.85. The Kier molecular flexibility index (Phi) is 3.97. The molecule has 0 radical (unpaired) electrons. The molecule has 2 N–H and O–H groups in total. The number of fused-ring (bicyclic) bond motifs is 1. The first-order chi connectivity index (χ1) is 9.78. The van der Waals surface area contributed by atoms with Gasteiger partial charge in [0.05, 0.1) is 10.9 Å². The van der Waals surface area contributed by atoms with E-state index in [0.29, 0.717) is 10.9 Å². The standard InChI is InChI=1S/C15H19N3O3/c1-15(2,3)17-12(19)8-9-18-11-7-5-4-6-10(11)13(20)16-14(18)21/h4-7H,8-9H2,1-3H3,(H,17,19)(H,16,20,21). The molecule has 1 heterocycles. The number of aromatic amines is 1. The highest BCUT2D eigenvalue weighted by molar-refractivity contribution is 5.79. The van der Waals surface area contributed by atoms with Crippen LogP contribution in [0.25, 0.3) is 10.9 Å². The van der Waals surface area contributed by atoms with Crippen LogP contribution in [-0.4, -0.2) is 21.0 Å². The van der Waals surface area contributed by atoms with Crippen LogP contribution in [0.4, 0.5) is 0 Å². The Balaban J connectivity index is 2.29. The molecule has 1 aromatic carbocycles. The van der Waals surface area contributed by atoms with E-state index in [1.165, 1.54) is 4.57 Å². The topological polar surface area (TPSA) is 84.0 Å². The Hall–Kier alpha value is -2.37. The fourth-order valence-corrected chi connectivity index (χ4v) is 2.16. The summed E-state index contributed by atoms with van der Waals surface area (Å²) in [5.74, 6) is -0.135. The van der Waals surface area contributed by atoms with Crippen molar-refractivity contribution in [3.8, 4) is 0 Å². The molecule has 0 saturated heterocycles. The van der Waals surface area contributed by atoms with E-state index in [1.54, 1.807) is 24.3 Å². The quantitative estimate of drug-likeness (QED) is 0.884. The lowest BCUT2D eigenvalue weighted by atomic mass is 10.1. The van der Waals surface area contributed by atoms with Crippen LogP contribution in [0, 0.1) is 0 Å². The van der Waals surface area contributed by atoms with Gasteiger partial charge in [0.25, 0.3) is 5.56 Å². The summed E-state index contributed by atoms with van der Waals surface area (Å²) in [6.45, 7) is 5.91. The van der Waals surface area contributed by atoms with Crippen molar-refractivity contribution in [3.63, 3.8) is 0 Å². The van der Waals surface area contributed by atoms with E-state index in [1.807, 2.05) is 20.8 Å². The summed E-state index contributed by atoms with van der Waals surface area (Å²) in [6.07, 6.45) is 0.174. The molecule has 0 bridgehead atoms. The van der Waals surface area contributed by atoms with Crippen LogP contribution < -0.4 is 16.6 Å². The lowest BCUT2D eigenvalue weighted by molar-refractivity contribution is -0.122. The predicted octanol–water partition coefficient (Wildman–Crippen LogP) is 0.995. The van der Waals surface area contributed by atoms with Crippen molar-refractivity contribution in [2.24, 2.45) is 0 Å². The number of hydrogen-bond acceptors (Lipinski definition) is 3. The van der Waals surface area contributed by atoms with Gasteiger partial charge in [0.15, 0.2) is 0 Å². The van der Waals surface area contributed by atoms with Gasteiger partial charge in [-0.2, -0.15) is 0 Å². The van der Waals surface area contributed by atoms with Crippen LogP contribution in [0.5, 0.6) is 0 Å². The number of carbonyl (C=O) groups excluding carboxylic acids is 1. The Morgan fingerprint density at radius 1 is 1.24 bits per heavy atom. The second kappa shape index (κ2) is 5.55. The van der Waals surface area contributed by atoms with Crippen molar-refractivity contribution < 1.29 is 4.79 Å². The molecule has 2 aromatic rings. The largest absolute Gasteiger partial charge is 0.351 e. The zero-order chi connectivity index (χ0) is 15.6. The molecule has 21 heavy (non-hydrogen) atoms. The number of para-hydroxylation sites is 1. The highest BCUT2D eigenvalue weighted by atomic mass is 16.2. The van der Waals surface area contributed by atoms with Crippen molar-refractivity contribution in [1.82, 2.24) is 14.9 Å². The molecule has 0 atom stereocenters. The van der Waals surface area contributed by atoms with E-state index in [0.717, 1.165) is 0 Å². The number of aromatic nitrogens is 2. The Morgan fingerprint density at radius 2 is 1.90 bits per heavy atom. The first-order valence-corrected chi connectivity index (χ1v) is 6.81. The SMILES string of the molecule is CC(C)(C)NC(=O)CCn1c(=O)[nH]c(=O)c2ccccc21. The lowest BCUT2D eigenvalue weighted by Gasteiger charge is -2.20. The molecule has 0 aliphatic heterocycles. The third-order valence-corrected chi connectivity index (χ3v) is 2.98. The van der Waals surface area contributed by atoms with Gasteiger partial charge in [0.2, 0.25) is 5.91 Å². The summed E-state index contributed by atoms with van der Waals surface area (Å²) in [5.41, 5.74) is -0.683. The van der Waals surface area contributed by atoms with Crippen LogP contribution >= 0.6 is 0 Å². The molecular weight excluding hydrogens is 270 g/mol. The lowest BCUT2D eigenvalue weighted by Crippen LogP contribution is -2.41. The normalized spacial score (nSPS) is 11.6. The van der Waals surface area contributed by atoms with Crippen LogP contribution in [0.2, 0.25) is 0 Å². The number of nitrogens with one attached hydrogen (secondary N) is 2. The highest BCUT2D eigenvalue weighted by Crippen LogP contribution is 2.07. The molecule has 1 amide bonds. The number of benzene rings is 1. The molecule has 0 saturated carbocycles. The van der Waals surface area contributed by atoms with E-state index in [2.05, 4.69) is 10.3 Å². The van der Waals surface area contributed by atoms with Gasteiger partial charge in [-0.1, -0.05) is 12.1 Å². The fraction of sp³-hybridized carbons (Fsp3) is 0.400. The Bertz CT molecular complexity index is 781. The number of aryl methyl sites for hydroxylation is 1. The minimum absolute atomic E-state index is 0.135. The van der Waals surface area contributed by atoms with Crippen molar-refractivity contribution >= 4 is 16.8 Å². The molecule has 6 nitrogen and oxygen atoms in total. The minimum atomic E-state index is -0.498. The third kappa shape index (κ3) is 3.59. The number of hydrogen-bond donors (Lipinski definition) is 2. The number of rotatable bonds is 3. The van der Waals surface area contributed by atoms with Crippen LogP contribution in [-0.2, 0) is 11.3 Å². The first kappa shape index (κ1) is 15.0. The predicted molar refractivity (Wildman–Crippen MR) is 81.3 cm³/mol. The zero-order valence-electron chi connectivity index (χ0n) is 12.4. The second-order valence-electron chi connectivity index (χ2n) is 5.98. The van der Waals surface area contributed by atoms with Crippen LogP contribution in [0.1, 0.15) is 27.2 Å². The first-order valence-electron chi connectivity index (χ1n) is 6.81. The Morgan fingerprint density at radius 3 is 2.57 bits per heavy atom. The molecule has 112 valence electrons. The summed E-state index contributed by atoms with van der Waals surface area (Å²) in [4.78, 5) is 37.8. The minimum Gasteiger partial charge on any atom is -0.351 e. The molecule has 2 rings (SSSR count). The van der Waals surface area contributed by atoms with Gasteiger partial charge in [-0.15, -0.1) is 0 Å². The Labute approximate surface area is 121 Å². The molecule has 0 spiro atoms. The van der Waals surface area contributed by atoms with Gasteiger partial charge in [0, 0.05) is 18.5 Å². The molecular formula is C15H19N3O3. The van der Waals surface area contributed by atoms with Gasteiger partial charge in [-0.25, -0.2) is 4.79 Å². The van der Waals surface area contributed by atoms with E-state index in [-0.39, 0.29) is 24.4 Å². The molecule has 0 unspecified atom stereocenters. The van der Waals surface area contributed by atoms with E-state index in [9.17, 15) is 14.4 Å². The average molecular weight is 289 g/mol. The van der Waals surface area contributed by atoms with Crippen molar-refractivity contribution in [2.75, 3.05) is 0 Å². The molecule has 0 aliphatic carbocycles. The summed E-state index contributed by atoms with van der Waals surface area (Å²) >= 11 is 0. The summed E-state index contributed by atoms with van der Waals surface area (Å²) < 4.78 is 1.42. The van der Waals surface area contributed by atoms with Gasteiger partial charge in [0.1, 0.15) is 0 Å². The maximum atomic E-state index is 11.9. The maximum Gasteiger partial charge on any atom is 0.328 e. The van der Waals surface area contributed by atoms with Gasteiger partial charge >= 0.3 is 5.69 Å². The molecule has 0 fully saturated rings. The average Bonchev–Trinajstić information content (AvgIpc) is 2.36. The molecule has 0 aliphatic rings. The monoisotopic (exact) mass is 289 g/mol. The maximum absolute atomic E-state index is 11.9. The van der Waals surface area contributed by atoms with Crippen molar-refractivity contribution in [1.29, 1.82) is 0 Å². The highest BCUT2D eigenvalue weighted by Gasteiger charge is 2.14. The number of nitrogens with zero attached hydrogens (tertiary/aromatic N) is 1. The van der Waals surface area contributed by atoms with Gasteiger partial charge in [-0.05, 0) is 32.9 Å². The van der Waals surface area contributed by atoms with E-state index >= 15 is 0 Å².